The predicted molar refractivity (Wildman–Crippen MR) is 86.9 cm³/mol. The fourth-order valence-corrected chi connectivity index (χ4v) is 4.32. The Kier molecular flexibility index (Phi) is 3.70. The second-order valence-corrected chi connectivity index (χ2v) is 6.74. The summed E-state index contributed by atoms with van der Waals surface area (Å²) >= 11 is 0. The summed E-state index contributed by atoms with van der Waals surface area (Å²) in [5.74, 6) is 0.865. The van der Waals surface area contributed by atoms with Crippen molar-refractivity contribution in [1.29, 1.82) is 0 Å². The van der Waals surface area contributed by atoms with Crippen LogP contribution in [0.2, 0.25) is 0 Å². The van der Waals surface area contributed by atoms with Crippen molar-refractivity contribution in [2.45, 2.75) is 51.1 Å². The molecule has 22 heavy (non-hydrogen) atoms. The molecule has 4 heteroatoms. The van der Waals surface area contributed by atoms with Gasteiger partial charge in [0.15, 0.2) is 0 Å². The largest absolute Gasteiger partial charge is 0.294 e. The van der Waals surface area contributed by atoms with Crippen molar-refractivity contribution in [3.8, 4) is 0 Å². The zero-order valence-corrected chi connectivity index (χ0v) is 12.9. The van der Waals surface area contributed by atoms with Crippen LogP contribution in [0.15, 0.2) is 35.3 Å². The van der Waals surface area contributed by atoms with E-state index >= 15 is 0 Å². The monoisotopic (exact) mass is 297 g/mol. The predicted octanol–water partition coefficient (Wildman–Crippen LogP) is 2.85. The minimum atomic E-state index is 0.0252. The van der Waals surface area contributed by atoms with Gasteiger partial charge < -0.3 is 0 Å². The van der Waals surface area contributed by atoms with E-state index in [0.29, 0.717) is 6.04 Å². The van der Waals surface area contributed by atoms with Gasteiger partial charge in [-0.05, 0) is 50.3 Å². The molecule has 1 aliphatic heterocycles. The smallest absolute Gasteiger partial charge is 0.258 e. The molecule has 1 unspecified atom stereocenters. The van der Waals surface area contributed by atoms with Crippen molar-refractivity contribution in [2.75, 3.05) is 6.54 Å². The number of aromatic nitrogens is 2. The summed E-state index contributed by atoms with van der Waals surface area (Å²) in [5.41, 5.74) is 1.69. The van der Waals surface area contributed by atoms with Gasteiger partial charge in [0.25, 0.3) is 5.56 Å². The zero-order valence-electron chi connectivity index (χ0n) is 12.9. The van der Waals surface area contributed by atoms with Crippen LogP contribution in [0.4, 0.5) is 0 Å². The van der Waals surface area contributed by atoms with Crippen molar-refractivity contribution in [3.05, 3.63) is 46.5 Å². The summed E-state index contributed by atoms with van der Waals surface area (Å²) in [6.45, 7) is 1.97. The van der Waals surface area contributed by atoms with E-state index in [9.17, 15) is 4.79 Å². The van der Waals surface area contributed by atoms with Crippen molar-refractivity contribution < 1.29 is 0 Å². The summed E-state index contributed by atoms with van der Waals surface area (Å²) in [6, 6.07) is 8.12. The molecule has 4 nitrogen and oxygen atoms in total. The average Bonchev–Trinajstić information content (AvgIpc) is 3.18. The molecule has 4 rings (SSSR count). The van der Waals surface area contributed by atoms with E-state index in [1.807, 2.05) is 18.2 Å². The number of hydrogen-bond donors (Lipinski definition) is 0. The first-order chi connectivity index (χ1) is 10.8. The van der Waals surface area contributed by atoms with Gasteiger partial charge in [-0.2, -0.15) is 0 Å². The van der Waals surface area contributed by atoms with Crippen LogP contribution in [0.3, 0.4) is 0 Å². The van der Waals surface area contributed by atoms with Gasteiger partial charge in [-0.25, -0.2) is 4.98 Å². The lowest BCUT2D eigenvalue weighted by molar-refractivity contribution is 0.181. The molecule has 1 saturated carbocycles. The molecule has 0 radical (unpaired) electrons. The van der Waals surface area contributed by atoms with Gasteiger partial charge in [0, 0.05) is 24.8 Å². The standard InChI is InChI=1S/C18H23N3O/c22-18-12-15(19-17-9-3-4-11-21(17)18)13-20-10-5-8-16(20)14-6-1-2-7-14/h3-4,9,11-12,14,16H,1-2,5-8,10,13H2. The first kappa shape index (κ1) is 13.9. The van der Waals surface area contributed by atoms with Crippen molar-refractivity contribution >= 4 is 5.65 Å². The summed E-state index contributed by atoms with van der Waals surface area (Å²) in [4.78, 5) is 19.5. The summed E-state index contributed by atoms with van der Waals surface area (Å²) in [5, 5.41) is 0. The zero-order chi connectivity index (χ0) is 14.9. The lowest BCUT2D eigenvalue weighted by Gasteiger charge is -2.29. The van der Waals surface area contributed by atoms with E-state index in [0.717, 1.165) is 30.3 Å². The van der Waals surface area contributed by atoms with Crippen LogP contribution in [-0.2, 0) is 6.54 Å². The third-order valence-corrected chi connectivity index (χ3v) is 5.35. The van der Waals surface area contributed by atoms with Gasteiger partial charge in [0.2, 0.25) is 0 Å². The SMILES string of the molecule is O=c1cc(CN2CCCC2C2CCCC2)nc2ccccn12. The highest BCUT2D eigenvalue weighted by Gasteiger charge is 2.33. The van der Waals surface area contributed by atoms with Crippen LogP contribution in [-0.4, -0.2) is 26.9 Å². The fourth-order valence-electron chi connectivity index (χ4n) is 4.32. The van der Waals surface area contributed by atoms with Crippen LogP contribution in [0.1, 0.15) is 44.2 Å². The highest BCUT2D eigenvalue weighted by molar-refractivity contribution is 5.38. The van der Waals surface area contributed by atoms with Crippen molar-refractivity contribution in [3.63, 3.8) is 0 Å². The number of rotatable bonds is 3. The third kappa shape index (κ3) is 2.56. The van der Waals surface area contributed by atoms with Crippen molar-refractivity contribution in [1.82, 2.24) is 14.3 Å². The normalized spacial score (nSPS) is 23.5. The molecule has 2 aliphatic rings. The summed E-state index contributed by atoms with van der Waals surface area (Å²) in [7, 11) is 0. The van der Waals surface area contributed by atoms with Crippen LogP contribution < -0.4 is 5.56 Å². The maximum atomic E-state index is 12.2. The highest BCUT2D eigenvalue weighted by Crippen LogP contribution is 2.35. The first-order valence-electron chi connectivity index (χ1n) is 8.53. The Morgan fingerprint density at radius 3 is 2.86 bits per heavy atom. The second-order valence-electron chi connectivity index (χ2n) is 6.74. The molecule has 0 spiro atoms. The van der Waals surface area contributed by atoms with Crippen molar-refractivity contribution in [2.24, 2.45) is 5.92 Å². The van der Waals surface area contributed by atoms with E-state index < -0.39 is 0 Å². The number of fused-ring (bicyclic) bond motifs is 1. The average molecular weight is 297 g/mol. The molecule has 0 amide bonds. The quantitative estimate of drug-likeness (QED) is 0.874. The topological polar surface area (TPSA) is 37.6 Å². The molecule has 2 aromatic heterocycles. The number of hydrogen-bond acceptors (Lipinski definition) is 3. The molecule has 1 aliphatic carbocycles. The molecule has 0 aromatic carbocycles. The lowest BCUT2D eigenvalue weighted by Crippen LogP contribution is -2.34. The van der Waals surface area contributed by atoms with E-state index in [1.54, 1.807) is 16.7 Å². The minimum Gasteiger partial charge on any atom is -0.294 e. The lowest BCUT2D eigenvalue weighted by atomic mass is 9.96. The Balaban J connectivity index is 1.58. The number of pyridine rings is 1. The Morgan fingerprint density at radius 1 is 1.14 bits per heavy atom. The maximum absolute atomic E-state index is 12.2. The molecular weight excluding hydrogens is 274 g/mol. The van der Waals surface area contributed by atoms with Crippen LogP contribution in [0, 0.1) is 5.92 Å². The van der Waals surface area contributed by atoms with Gasteiger partial charge in [-0.1, -0.05) is 18.9 Å². The molecule has 1 saturated heterocycles. The fraction of sp³-hybridized carbons (Fsp3) is 0.556. The summed E-state index contributed by atoms with van der Waals surface area (Å²) in [6.07, 6.45) is 9.94. The maximum Gasteiger partial charge on any atom is 0.258 e. The van der Waals surface area contributed by atoms with Crippen LogP contribution in [0.25, 0.3) is 5.65 Å². The molecule has 2 fully saturated rings. The minimum absolute atomic E-state index is 0.0252. The number of nitrogens with zero attached hydrogens (tertiary/aromatic N) is 3. The number of likely N-dealkylation sites (tertiary alicyclic amines) is 1. The molecule has 3 heterocycles. The third-order valence-electron chi connectivity index (χ3n) is 5.35. The second kappa shape index (κ2) is 5.84. The first-order valence-corrected chi connectivity index (χ1v) is 8.53. The van der Waals surface area contributed by atoms with E-state index in [1.165, 1.54) is 38.5 Å². The Hall–Kier alpha value is -1.68. The van der Waals surface area contributed by atoms with Gasteiger partial charge >= 0.3 is 0 Å². The van der Waals surface area contributed by atoms with Crippen LogP contribution in [0.5, 0.6) is 0 Å². The Labute approximate surface area is 130 Å². The molecule has 1 atom stereocenters. The van der Waals surface area contributed by atoms with E-state index in [4.69, 9.17) is 0 Å². The van der Waals surface area contributed by atoms with E-state index in [-0.39, 0.29) is 5.56 Å². The molecule has 0 bridgehead atoms. The van der Waals surface area contributed by atoms with Gasteiger partial charge in [-0.3, -0.25) is 14.1 Å². The molecule has 0 N–H and O–H groups in total. The van der Waals surface area contributed by atoms with Gasteiger partial charge in [0.1, 0.15) is 5.65 Å². The highest BCUT2D eigenvalue weighted by atomic mass is 16.1. The van der Waals surface area contributed by atoms with Gasteiger partial charge in [0.05, 0.1) is 5.69 Å². The Bertz CT molecular complexity index is 718. The Morgan fingerprint density at radius 2 is 2.00 bits per heavy atom. The van der Waals surface area contributed by atoms with Crippen LogP contribution >= 0.6 is 0 Å². The molecular formula is C18H23N3O. The van der Waals surface area contributed by atoms with E-state index in [2.05, 4.69) is 9.88 Å². The molecule has 2 aromatic rings. The van der Waals surface area contributed by atoms with Gasteiger partial charge in [-0.15, -0.1) is 0 Å². The molecule has 116 valence electrons. The summed E-state index contributed by atoms with van der Waals surface area (Å²) < 4.78 is 1.61.